The Balaban J connectivity index is 1.95. The number of rotatable bonds is 7. The van der Waals surface area contributed by atoms with Gasteiger partial charge in [0.05, 0.1) is 4.34 Å². The second kappa shape index (κ2) is 7.53. The number of nitrogens with one attached hydrogen (secondary N) is 1. The first kappa shape index (κ1) is 14.4. The fraction of sp³-hybridized carbons (Fsp3) is 0.333. The third kappa shape index (κ3) is 4.53. The molecule has 0 unspecified atom stereocenters. The number of thiophene rings is 1. The van der Waals surface area contributed by atoms with Crippen LogP contribution in [-0.4, -0.2) is 6.54 Å². The molecule has 0 aliphatic heterocycles. The molecule has 2 rings (SSSR count). The first-order chi connectivity index (χ1) is 9.29. The quantitative estimate of drug-likeness (QED) is 0.761. The van der Waals surface area contributed by atoms with Gasteiger partial charge in [-0.05, 0) is 31.2 Å². The summed E-state index contributed by atoms with van der Waals surface area (Å²) in [5, 5.41) is 3.40. The minimum atomic E-state index is 0.572. The maximum absolute atomic E-state index is 5.91. The summed E-state index contributed by atoms with van der Waals surface area (Å²) in [6.45, 7) is 4.60. The molecule has 2 aromatic rings. The molecule has 0 radical (unpaired) electrons. The van der Waals surface area contributed by atoms with Crippen LogP contribution in [0.15, 0.2) is 36.4 Å². The monoisotopic (exact) mass is 295 g/mol. The van der Waals surface area contributed by atoms with E-state index >= 15 is 0 Å². The van der Waals surface area contributed by atoms with Gasteiger partial charge < -0.3 is 10.1 Å². The molecular weight excluding hydrogens is 278 g/mol. The summed E-state index contributed by atoms with van der Waals surface area (Å²) in [5.74, 6) is 0.940. The van der Waals surface area contributed by atoms with Crippen LogP contribution in [0.1, 0.15) is 23.8 Å². The topological polar surface area (TPSA) is 21.3 Å². The molecule has 0 aliphatic rings. The molecular formula is C15H18ClNOS. The van der Waals surface area contributed by atoms with Crippen molar-refractivity contribution >= 4 is 22.9 Å². The zero-order valence-corrected chi connectivity index (χ0v) is 12.6. The van der Waals surface area contributed by atoms with Crippen molar-refractivity contribution in [3.8, 4) is 5.75 Å². The molecule has 19 heavy (non-hydrogen) atoms. The number of benzene rings is 1. The van der Waals surface area contributed by atoms with Crippen molar-refractivity contribution in [1.82, 2.24) is 5.32 Å². The van der Waals surface area contributed by atoms with Crippen LogP contribution in [-0.2, 0) is 13.2 Å². The van der Waals surface area contributed by atoms with Crippen LogP contribution in [0.2, 0.25) is 4.34 Å². The molecule has 102 valence electrons. The minimum absolute atomic E-state index is 0.572. The maximum atomic E-state index is 5.91. The molecule has 0 bridgehead atoms. The van der Waals surface area contributed by atoms with Crippen LogP contribution in [0.4, 0.5) is 0 Å². The van der Waals surface area contributed by atoms with Gasteiger partial charge in [-0.15, -0.1) is 11.3 Å². The number of hydrogen-bond acceptors (Lipinski definition) is 3. The van der Waals surface area contributed by atoms with E-state index in [0.717, 1.165) is 34.5 Å². The van der Waals surface area contributed by atoms with E-state index in [1.807, 2.05) is 30.3 Å². The Morgan fingerprint density at radius 1 is 1.21 bits per heavy atom. The molecule has 0 saturated heterocycles. The van der Waals surface area contributed by atoms with Gasteiger partial charge in [0.1, 0.15) is 12.4 Å². The zero-order valence-electron chi connectivity index (χ0n) is 11.0. The Kier molecular flexibility index (Phi) is 5.70. The van der Waals surface area contributed by atoms with Gasteiger partial charge in [-0.25, -0.2) is 0 Å². The summed E-state index contributed by atoms with van der Waals surface area (Å²) in [4.78, 5) is 1.14. The Bertz CT molecular complexity index is 512. The average molecular weight is 296 g/mol. The third-order valence-corrected chi connectivity index (χ3v) is 3.92. The lowest BCUT2D eigenvalue weighted by atomic mass is 10.2. The van der Waals surface area contributed by atoms with Crippen LogP contribution in [0.3, 0.4) is 0 Å². The lowest BCUT2D eigenvalue weighted by molar-refractivity contribution is 0.305. The van der Waals surface area contributed by atoms with Crippen molar-refractivity contribution in [3.63, 3.8) is 0 Å². The van der Waals surface area contributed by atoms with Crippen LogP contribution in [0.25, 0.3) is 0 Å². The van der Waals surface area contributed by atoms with E-state index < -0.39 is 0 Å². The van der Waals surface area contributed by atoms with Crippen molar-refractivity contribution in [2.24, 2.45) is 0 Å². The largest absolute Gasteiger partial charge is 0.488 e. The van der Waals surface area contributed by atoms with Gasteiger partial charge in [0.15, 0.2) is 0 Å². The van der Waals surface area contributed by atoms with Crippen LogP contribution in [0.5, 0.6) is 5.75 Å². The molecule has 0 aliphatic carbocycles. The second-order valence-electron chi connectivity index (χ2n) is 4.28. The van der Waals surface area contributed by atoms with E-state index in [2.05, 4.69) is 18.3 Å². The molecule has 1 aromatic heterocycles. The SMILES string of the molecule is CCCNCc1ccccc1OCc1ccc(Cl)s1. The third-order valence-electron chi connectivity index (χ3n) is 2.71. The van der Waals surface area contributed by atoms with E-state index in [1.54, 1.807) is 11.3 Å². The lowest BCUT2D eigenvalue weighted by Gasteiger charge is -2.11. The van der Waals surface area contributed by atoms with Crippen LogP contribution >= 0.6 is 22.9 Å². The average Bonchev–Trinajstić information content (AvgIpc) is 2.84. The number of para-hydroxylation sites is 1. The normalized spacial score (nSPS) is 10.6. The Hall–Kier alpha value is -1.03. The molecule has 1 N–H and O–H groups in total. The Labute approximate surface area is 123 Å². The standard InChI is InChI=1S/C15H18ClNOS/c1-2-9-17-10-12-5-3-4-6-14(12)18-11-13-7-8-15(16)19-13/h3-8,17H,2,9-11H2,1H3. The highest BCUT2D eigenvalue weighted by Gasteiger charge is 2.04. The lowest BCUT2D eigenvalue weighted by Crippen LogP contribution is -2.14. The summed E-state index contributed by atoms with van der Waals surface area (Å²) in [6.07, 6.45) is 1.14. The molecule has 2 nitrogen and oxygen atoms in total. The molecule has 0 fully saturated rings. The fourth-order valence-electron chi connectivity index (χ4n) is 1.77. The predicted molar refractivity (Wildman–Crippen MR) is 82.1 cm³/mol. The summed E-state index contributed by atoms with van der Waals surface area (Å²) < 4.78 is 6.68. The molecule has 1 aromatic carbocycles. The van der Waals surface area contributed by atoms with Gasteiger partial charge in [0.25, 0.3) is 0 Å². The van der Waals surface area contributed by atoms with Crippen LogP contribution < -0.4 is 10.1 Å². The maximum Gasteiger partial charge on any atom is 0.124 e. The van der Waals surface area contributed by atoms with Crippen LogP contribution in [0, 0.1) is 0 Å². The van der Waals surface area contributed by atoms with Gasteiger partial charge in [-0.1, -0.05) is 36.7 Å². The highest BCUT2D eigenvalue weighted by Crippen LogP contribution is 2.24. The van der Waals surface area contributed by atoms with Gasteiger partial charge in [-0.2, -0.15) is 0 Å². The molecule has 0 atom stereocenters. The molecule has 0 spiro atoms. The summed E-state index contributed by atoms with van der Waals surface area (Å²) in [5.41, 5.74) is 1.19. The van der Waals surface area contributed by atoms with Gasteiger partial charge in [0, 0.05) is 17.0 Å². The van der Waals surface area contributed by atoms with E-state index in [1.165, 1.54) is 5.56 Å². The first-order valence-corrected chi connectivity index (χ1v) is 7.64. The highest BCUT2D eigenvalue weighted by molar-refractivity contribution is 7.16. The van der Waals surface area contributed by atoms with E-state index in [0.29, 0.717) is 6.61 Å². The summed E-state index contributed by atoms with van der Waals surface area (Å²) in [6, 6.07) is 12.1. The van der Waals surface area contributed by atoms with Crippen molar-refractivity contribution in [1.29, 1.82) is 0 Å². The van der Waals surface area contributed by atoms with Gasteiger partial charge in [0.2, 0.25) is 0 Å². The van der Waals surface area contributed by atoms with Crippen molar-refractivity contribution in [3.05, 3.63) is 51.2 Å². The predicted octanol–water partition coefficient (Wildman–Crippen LogP) is 4.48. The second-order valence-corrected chi connectivity index (χ2v) is 6.08. The molecule has 1 heterocycles. The molecule has 4 heteroatoms. The van der Waals surface area contributed by atoms with E-state index in [9.17, 15) is 0 Å². The zero-order chi connectivity index (χ0) is 13.5. The van der Waals surface area contributed by atoms with Crippen molar-refractivity contribution in [2.75, 3.05) is 6.54 Å². The number of hydrogen-bond donors (Lipinski definition) is 1. The van der Waals surface area contributed by atoms with E-state index in [4.69, 9.17) is 16.3 Å². The molecule has 0 amide bonds. The number of ether oxygens (including phenoxy) is 1. The fourth-order valence-corrected chi connectivity index (χ4v) is 2.77. The van der Waals surface area contributed by atoms with E-state index in [-0.39, 0.29) is 0 Å². The number of halogens is 1. The summed E-state index contributed by atoms with van der Waals surface area (Å²) in [7, 11) is 0. The smallest absolute Gasteiger partial charge is 0.124 e. The molecule has 0 saturated carbocycles. The minimum Gasteiger partial charge on any atom is -0.488 e. The highest BCUT2D eigenvalue weighted by atomic mass is 35.5. The Morgan fingerprint density at radius 2 is 2.05 bits per heavy atom. The van der Waals surface area contributed by atoms with Gasteiger partial charge >= 0.3 is 0 Å². The summed E-state index contributed by atoms with van der Waals surface area (Å²) >= 11 is 7.47. The van der Waals surface area contributed by atoms with Crippen molar-refractivity contribution < 1.29 is 4.74 Å². The Morgan fingerprint density at radius 3 is 2.79 bits per heavy atom. The first-order valence-electron chi connectivity index (χ1n) is 6.45. The van der Waals surface area contributed by atoms with Crippen molar-refractivity contribution in [2.45, 2.75) is 26.5 Å². The van der Waals surface area contributed by atoms with Gasteiger partial charge in [-0.3, -0.25) is 0 Å².